The molecule has 0 fully saturated rings. The molecule has 0 spiro atoms. The van der Waals surface area contributed by atoms with Crippen molar-refractivity contribution in [3.63, 3.8) is 0 Å². The van der Waals surface area contributed by atoms with Crippen molar-refractivity contribution < 1.29 is 4.79 Å². The Kier molecular flexibility index (Phi) is 5.65. The van der Waals surface area contributed by atoms with Gasteiger partial charge in [0.1, 0.15) is 18.0 Å². The lowest BCUT2D eigenvalue weighted by Gasteiger charge is -2.09. The maximum atomic E-state index is 12.6. The number of amides is 1. The molecule has 168 valence electrons. The predicted octanol–water partition coefficient (Wildman–Crippen LogP) is 2.73. The Labute approximate surface area is 194 Å². The molecule has 5 aromatic rings. The summed E-state index contributed by atoms with van der Waals surface area (Å²) in [6.45, 7) is 2.02. The van der Waals surface area contributed by atoms with Crippen molar-refractivity contribution in [2.45, 2.75) is 19.9 Å². The fraction of sp³-hybridized carbons (Fsp3) is 0.120. The fourth-order valence-electron chi connectivity index (χ4n) is 3.69. The van der Waals surface area contributed by atoms with Crippen molar-refractivity contribution in [1.82, 2.24) is 34.8 Å². The van der Waals surface area contributed by atoms with Gasteiger partial charge in [-0.3, -0.25) is 19.1 Å². The first-order valence-corrected chi connectivity index (χ1v) is 10.7. The van der Waals surface area contributed by atoms with E-state index in [2.05, 4.69) is 30.2 Å². The number of rotatable bonds is 6. The van der Waals surface area contributed by atoms with Crippen LogP contribution in [0.25, 0.3) is 28.2 Å². The van der Waals surface area contributed by atoms with Gasteiger partial charge in [-0.25, -0.2) is 15.0 Å². The molecular weight excluding hydrogens is 430 g/mol. The number of para-hydroxylation sites is 2. The number of H-pyrrole nitrogens is 1. The van der Waals surface area contributed by atoms with Crippen LogP contribution in [0.5, 0.6) is 0 Å². The molecule has 1 amide bonds. The van der Waals surface area contributed by atoms with Gasteiger partial charge in [-0.05, 0) is 42.8 Å². The minimum atomic E-state index is -0.333. The number of carbonyl (C=O) groups excluding carboxylic acids is 1. The monoisotopic (exact) mass is 451 g/mol. The number of hydrogen-bond donors (Lipinski definition) is 2. The van der Waals surface area contributed by atoms with Gasteiger partial charge < -0.3 is 10.3 Å². The molecule has 5 rings (SSSR count). The van der Waals surface area contributed by atoms with Crippen LogP contribution in [0.15, 0.2) is 78.2 Å². The number of fused-ring (bicyclic) bond motifs is 1. The van der Waals surface area contributed by atoms with Crippen LogP contribution in [-0.4, -0.2) is 35.4 Å². The Morgan fingerprint density at radius 2 is 1.94 bits per heavy atom. The highest BCUT2D eigenvalue weighted by Gasteiger charge is 2.14. The number of carbonyl (C=O) groups is 1. The molecule has 0 saturated carbocycles. The lowest BCUT2D eigenvalue weighted by molar-refractivity contribution is -0.120. The largest absolute Gasteiger partial charge is 0.352 e. The number of imidazole rings is 1. The summed E-state index contributed by atoms with van der Waals surface area (Å²) in [5, 5.41) is 2.84. The molecule has 0 atom stereocenters. The van der Waals surface area contributed by atoms with Gasteiger partial charge in [0, 0.05) is 42.0 Å². The van der Waals surface area contributed by atoms with Gasteiger partial charge in [0.15, 0.2) is 0 Å². The maximum absolute atomic E-state index is 12.6. The van der Waals surface area contributed by atoms with E-state index in [0.29, 0.717) is 29.2 Å². The average molecular weight is 451 g/mol. The van der Waals surface area contributed by atoms with Gasteiger partial charge >= 0.3 is 0 Å². The van der Waals surface area contributed by atoms with Crippen LogP contribution in [0.2, 0.25) is 0 Å². The van der Waals surface area contributed by atoms with Crippen LogP contribution in [-0.2, 0) is 17.8 Å². The van der Waals surface area contributed by atoms with E-state index in [0.717, 1.165) is 22.4 Å². The molecule has 4 aromatic heterocycles. The Hall–Kier alpha value is -4.66. The van der Waals surface area contributed by atoms with E-state index in [1.165, 1.54) is 0 Å². The molecule has 0 radical (unpaired) electrons. The normalized spacial score (nSPS) is 11.0. The van der Waals surface area contributed by atoms with Crippen LogP contribution in [0.3, 0.4) is 0 Å². The summed E-state index contributed by atoms with van der Waals surface area (Å²) >= 11 is 0. The molecular formula is C25H21N7O2. The quantitative estimate of drug-likeness (QED) is 0.410. The van der Waals surface area contributed by atoms with Crippen molar-refractivity contribution >= 4 is 16.9 Å². The third-order valence-electron chi connectivity index (χ3n) is 5.49. The molecule has 0 aliphatic carbocycles. The zero-order chi connectivity index (χ0) is 23.5. The summed E-state index contributed by atoms with van der Waals surface area (Å²) in [5.74, 6) is 0.900. The summed E-state index contributed by atoms with van der Waals surface area (Å²) in [6, 6.07) is 15.2. The number of hydrogen-bond acceptors (Lipinski definition) is 6. The first kappa shape index (κ1) is 21.2. The number of aryl methyl sites for hydroxylation is 1. The number of benzene rings is 1. The molecule has 2 N–H and O–H groups in total. The SMILES string of the molecule is Cc1nc(-c2cccnc2)[nH]c(=O)c1CC(=O)NCc1ccc(-n2cnc3ccccc32)nc1. The lowest BCUT2D eigenvalue weighted by atomic mass is 10.1. The number of aromatic amines is 1. The third-order valence-corrected chi connectivity index (χ3v) is 5.49. The van der Waals surface area contributed by atoms with Crippen LogP contribution in [0.4, 0.5) is 0 Å². The highest BCUT2D eigenvalue weighted by molar-refractivity contribution is 5.79. The highest BCUT2D eigenvalue weighted by atomic mass is 16.2. The van der Waals surface area contributed by atoms with Gasteiger partial charge in [0.25, 0.3) is 5.56 Å². The van der Waals surface area contributed by atoms with Crippen LogP contribution in [0, 0.1) is 6.92 Å². The van der Waals surface area contributed by atoms with Crippen LogP contribution in [0.1, 0.15) is 16.8 Å². The summed E-state index contributed by atoms with van der Waals surface area (Å²) in [7, 11) is 0. The molecule has 4 heterocycles. The molecule has 0 unspecified atom stereocenters. The zero-order valence-corrected chi connectivity index (χ0v) is 18.4. The van der Waals surface area contributed by atoms with E-state index in [9.17, 15) is 9.59 Å². The summed E-state index contributed by atoms with van der Waals surface area (Å²) in [5.41, 5.74) is 3.94. The molecule has 9 nitrogen and oxygen atoms in total. The number of nitrogens with zero attached hydrogens (tertiary/aromatic N) is 5. The molecule has 1 aromatic carbocycles. The van der Waals surface area contributed by atoms with E-state index >= 15 is 0 Å². The van der Waals surface area contributed by atoms with Crippen LogP contribution < -0.4 is 10.9 Å². The Bertz CT molecular complexity index is 1520. The van der Waals surface area contributed by atoms with E-state index in [4.69, 9.17) is 0 Å². The van der Waals surface area contributed by atoms with E-state index < -0.39 is 0 Å². The highest BCUT2D eigenvalue weighted by Crippen LogP contribution is 2.16. The summed E-state index contributed by atoms with van der Waals surface area (Å²) < 4.78 is 1.91. The van der Waals surface area contributed by atoms with Crippen molar-refractivity contribution in [2.75, 3.05) is 0 Å². The Morgan fingerprint density at radius 3 is 2.71 bits per heavy atom. The number of aromatic nitrogens is 6. The van der Waals surface area contributed by atoms with Crippen molar-refractivity contribution in [3.8, 4) is 17.2 Å². The van der Waals surface area contributed by atoms with Gasteiger partial charge in [-0.2, -0.15) is 0 Å². The maximum Gasteiger partial charge on any atom is 0.255 e. The van der Waals surface area contributed by atoms with Gasteiger partial charge in [-0.15, -0.1) is 0 Å². The average Bonchev–Trinajstić information content (AvgIpc) is 3.30. The number of nitrogens with one attached hydrogen (secondary N) is 2. The fourth-order valence-corrected chi connectivity index (χ4v) is 3.69. The molecule has 9 heteroatoms. The Morgan fingerprint density at radius 1 is 1.06 bits per heavy atom. The second-order valence-electron chi connectivity index (χ2n) is 7.80. The first-order valence-electron chi connectivity index (χ1n) is 10.7. The summed E-state index contributed by atoms with van der Waals surface area (Å²) in [6.07, 6.45) is 6.66. The van der Waals surface area contributed by atoms with E-state index in [1.54, 1.807) is 37.9 Å². The molecule has 0 bridgehead atoms. The van der Waals surface area contributed by atoms with Gasteiger partial charge in [-0.1, -0.05) is 18.2 Å². The lowest BCUT2D eigenvalue weighted by Crippen LogP contribution is -2.29. The molecule has 0 aliphatic heterocycles. The third kappa shape index (κ3) is 4.31. The first-order chi connectivity index (χ1) is 16.6. The minimum Gasteiger partial charge on any atom is -0.352 e. The minimum absolute atomic E-state index is 0.0615. The van der Waals surface area contributed by atoms with Crippen molar-refractivity contribution in [1.29, 1.82) is 0 Å². The molecule has 34 heavy (non-hydrogen) atoms. The zero-order valence-electron chi connectivity index (χ0n) is 18.4. The predicted molar refractivity (Wildman–Crippen MR) is 127 cm³/mol. The van der Waals surface area contributed by atoms with Crippen molar-refractivity contribution in [2.24, 2.45) is 0 Å². The topological polar surface area (TPSA) is 118 Å². The van der Waals surface area contributed by atoms with Crippen molar-refractivity contribution in [3.05, 3.63) is 101 Å². The standard InChI is InChI=1S/C25H21N7O2/c1-16-19(25(34)31-24(30-16)18-5-4-10-26-14-18)11-23(33)28-13-17-8-9-22(27-12-17)32-15-29-20-6-2-3-7-21(20)32/h2-10,12,14-15H,11,13H2,1H3,(H,28,33)(H,30,31,34). The van der Waals surface area contributed by atoms with E-state index in [-0.39, 0.29) is 17.9 Å². The van der Waals surface area contributed by atoms with Gasteiger partial charge in [0.05, 0.1) is 17.5 Å². The Balaban J connectivity index is 1.24. The molecule has 0 aliphatic rings. The van der Waals surface area contributed by atoms with Gasteiger partial charge in [0.2, 0.25) is 5.91 Å². The second-order valence-corrected chi connectivity index (χ2v) is 7.80. The van der Waals surface area contributed by atoms with E-state index in [1.807, 2.05) is 47.0 Å². The summed E-state index contributed by atoms with van der Waals surface area (Å²) in [4.78, 5) is 45.2. The van der Waals surface area contributed by atoms with Crippen LogP contribution >= 0.6 is 0 Å². The molecule has 0 saturated heterocycles. The number of pyridine rings is 2. The second kappa shape index (κ2) is 9.07. The smallest absolute Gasteiger partial charge is 0.255 e.